The quantitative estimate of drug-likeness (QED) is 0.829. The molecule has 0 radical (unpaired) electrons. The molecule has 0 bridgehead atoms. The highest BCUT2D eigenvalue weighted by molar-refractivity contribution is 5.69. The largest absolute Gasteiger partial charge is 0.481 e. The van der Waals surface area contributed by atoms with E-state index in [1.54, 1.807) is 12.4 Å². The lowest BCUT2D eigenvalue weighted by molar-refractivity contribution is -0.138. The van der Waals surface area contributed by atoms with Crippen molar-refractivity contribution in [2.45, 2.75) is 18.3 Å². The third-order valence-corrected chi connectivity index (χ3v) is 3.31. The number of pyridine rings is 1. The SMILES string of the molecule is CN1CCC(CC(=O)O)(c2cccnc2)C1. The summed E-state index contributed by atoms with van der Waals surface area (Å²) in [6, 6.07) is 3.85. The molecular formula is C12H16N2O2. The van der Waals surface area contributed by atoms with Gasteiger partial charge in [0.15, 0.2) is 0 Å². The summed E-state index contributed by atoms with van der Waals surface area (Å²) in [7, 11) is 2.03. The molecule has 1 N–H and O–H groups in total. The van der Waals surface area contributed by atoms with Gasteiger partial charge in [-0.05, 0) is 31.6 Å². The first-order valence-corrected chi connectivity index (χ1v) is 5.43. The van der Waals surface area contributed by atoms with Crippen LogP contribution in [0.2, 0.25) is 0 Å². The number of carbonyl (C=O) groups is 1. The summed E-state index contributed by atoms with van der Waals surface area (Å²) < 4.78 is 0. The van der Waals surface area contributed by atoms with Crippen molar-refractivity contribution in [2.75, 3.05) is 20.1 Å². The molecule has 0 aromatic carbocycles. The number of aliphatic carboxylic acids is 1. The van der Waals surface area contributed by atoms with Gasteiger partial charge in [0.05, 0.1) is 6.42 Å². The third-order valence-electron chi connectivity index (χ3n) is 3.31. The molecule has 1 aliphatic heterocycles. The van der Waals surface area contributed by atoms with E-state index < -0.39 is 5.97 Å². The van der Waals surface area contributed by atoms with Gasteiger partial charge in [0.25, 0.3) is 0 Å². The Morgan fingerprint density at radius 3 is 3.00 bits per heavy atom. The standard InChI is InChI=1S/C12H16N2O2/c1-14-6-4-12(9-14,7-11(15)16)10-3-2-5-13-8-10/h2-3,5,8H,4,6-7,9H2,1H3,(H,15,16). The Kier molecular flexibility index (Phi) is 2.92. The molecule has 0 spiro atoms. The Hall–Kier alpha value is -1.42. The predicted octanol–water partition coefficient (Wildman–Crippen LogP) is 1.13. The van der Waals surface area contributed by atoms with Crippen LogP contribution in [0.15, 0.2) is 24.5 Å². The molecule has 2 rings (SSSR count). The molecule has 1 atom stereocenters. The Balaban J connectivity index is 2.32. The molecule has 1 fully saturated rings. The highest BCUT2D eigenvalue weighted by Gasteiger charge is 2.40. The maximum atomic E-state index is 11.0. The van der Waals surface area contributed by atoms with E-state index in [0.717, 1.165) is 25.1 Å². The average molecular weight is 220 g/mol. The molecule has 1 aliphatic rings. The van der Waals surface area contributed by atoms with Crippen molar-refractivity contribution < 1.29 is 9.90 Å². The Labute approximate surface area is 94.9 Å². The number of carboxylic acid groups (broad SMARTS) is 1. The van der Waals surface area contributed by atoms with Crippen molar-refractivity contribution in [3.8, 4) is 0 Å². The van der Waals surface area contributed by atoms with Gasteiger partial charge < -0.3 is 10.0 Å². The number of likely N-dealkylation sites (tertiary alicyclic amines) is 1. The molecule has 0 amide bonds. The fraction of sp³-hybridized carbons (Fsp3) is 0.500. The van der Waals surface area contributed by atoms with Crippen LogP contribution in [0, 0.1) is 0 Å². The Morgan fingerprint density at radius 2 is 2.50 bits per heavy atom. The number of carboxylic acids is 1. The number of likely N-dealkylation sites (N-methyl/N-ethyl adjacent to an activating group) is 1. The minimum Gasteiger partial charge on any atom is -0.481 e. The van der Waals surface area contributed by atoms with E-state index in [2.05, 4.69) is 9.88 Å². The van der Waals surface area contributed by atoms with E-state index >= 15 is 0 Å². The molecule has 1 aromatic rings. The van der Waals surface area contributed by atoms with E-state index in [4.69, 9.17) is 5.11 Å². The lowest BCUT2D eigenvalue weighted by atomic mass is 9.77. The van der Waals surface area contributed by atoms with Crippen molar-refractivity contribution in [3.05, 3.63) is 30.1 Å². The minimum atomic E-state index is -0.737. The van der Waals surface area contributed by atoms with Gasteiger partial charge in [-0.3, -0.25) is 9.78 Å². The van der Waals surface area contributed by atoms with E-state index in [9.17, 15) is 4.79 Å². The number of rotatable bonds is 3. The van der Waals surface area contributed by atoms with Crippen LogP contribution in [0.3, 0.4) is 0 Å². The van der Waals surface area contributed by atoms with Crippen molar-refractivity contribution in [3.63, 3.8) is 0 Å². The number of aromatic nitrogens is 1. The van der Waals surface area contributed by atoms with Gasteiger partial charge in [0.2, 0.25) is 0 Å². The van der Waals surface area contributed by atoms with Gasteiger partial charge in [-0.25, -0.2) is 0 Å². The second-order valence-electron chi connectivity index (χ2n) is 4.58. The highest BCUT2D eigenvalue weighted by atomic mass is 16.4. The molecule has 4 nitrogen and oxygen atoms in total. The summed E-state index contributed by atoms with van der Waals surface area (Å²) in [4.78, 5) is 17.3. The molecule has 86 valence electrons. The minimum absolute atomic E-state index is 0.184. The van der Waals surface area contributed by atoms with E-state index in [0.29, 0.717) is 0 Å². The summed E-state index contributed by atoms with van der Waals surface area (Å²) in [5.74, 6) is -0.737. The van der Waals surface area contributed by atoms with E-state index in [1.807, 2.05) is 19.2 Å². The monoisotopic (exact) mass is 220 g/mol. The number of hydrogen-bond donors (Lipinski definition) is 1. The average Bonchev–Trinajstić information content (AvgIpc) is 2.62. The van der Waals surface area contributed by atoms with Gasteiger partial charge in [-0.1, -0.05) is 6.07 Å². The maximum absolute atomic E-state index is 11.0. The Morgan fingerprint density at radius 1 is 1.69 bits per heavy atom. The second kappa shape index (κ2) is 4.22. The second-order valence-corrected chi connectivity index (χ2v) is 4.58. The number of nitrogens with zero attached hydrogens (tertiary/aromatic N) is 2. The highest BCUT2D eigenvalue weighted by Crippen LogP contribution is 2.36. The maximum Gasteiger partial charge on any atom is 0.304 e. The first-order valence-electron chi connectivity index (χ1n) is 5.43. The zero-order valence-electron chi connectivity index (χ0n) is 9.39. The third kappa shape index (κ3) is 2.07. The summed E-state index contributed by atoms with van der Waals surface area (Å²) in [6.45, 7) is 1.74. The zero-order chi connectivity index (χ0) is 11.6. The molecule has 16 heavy (non-hydrogen) atoms. The van der Waals surface area contributed by atoms with Crippen LogP contribution < -0.4 is 0 Å². The van der Waals surface area contributed by atoms with E-state index in [-0.39, 0.29) is 11.8 Å². The van der Waals surface area contributed by atoms with Crippen LogP contribution in [0.1, 0.15) is 18.4 Å². The van der Waals surface area contributed by atoms with Crippen LogP contribution in [-0.2, 0) is 10.2 Å². The van der Waals surface area contributed by atoms with E-state index in [1.165, 1.54) is 0 Å². The van der Waals surface area contributed by atoms with Gasteiger partial charge in [-0.15, -0.1) is 0 Å². The Bertz CT molecular complexity index is 380. The van der Waals surface area contributed by atoms with Gasteiger partial charge >= 0.3 is 5.97 Å². The topological polar surface area (TPSA) is 53.4 Å². The lowest BCUT2D eigenvalue weighted by Crippen LogP contribution is -2.32. The van der Waals surface area contributed by atoms with Crippen molar-refractivity contribution in [2.24, 2.45) is 0 Å². The van der Waals surface area contributed by atoms with Gasteiger partial charge in [0, 0.05) is 24.4 Å². The fourth-order valence-electron chi connectivity index (χ4n) is 2.53. The zero-order valence-corrected chi connectivity index (χ0v) is 9.39. The van der Waals surface area contributed by atoms with Gasteiger partial charge in [-0.2, -0.15) is 0 Å². The molecule has 4 heteroatoms. The number of hydrogen-bond acceptors (Lipinski definition) is 3. The van der Waals surface area contributed by atoms with Crippen molar-refractivity contribution >= 4 is 5.97 Å². The predicted molar refractivity (Wildman–Crippen MR) is 60.3 cm³/mol. The van der Waals surface area contributed by atoms with Crippen molar-refractivity contribution in [1.82, 2.24) is 9.88 Å². The normalized spacial score (nSPS) is 25.8. The summed E-state index contributed by atoms with van der Waals surface area (Å²) in [6.07, 6.45) is 4.59. The molecule has 1 unspecified atom stereocenters. The molecule has 0 saturated carbocycles. The summed E-state index contributed by atoms with van der Waals surface area (Å²) in [5, 5.41) is 9.05. The first-order chi connectivity index (χ1) is 7.62. The fourth-order valence-corrected chi connectivity index (χ4v) is 2.53. The van der Waals surface area contributed by atoms with Crippen LogP contribution in [0.5, 0.6) is 0 Å². The van der Waals surface area contributed by atoms with Crippen LogP contribution in [-0.4, -0.2) is 41.1 Å². The summed E-state index contributed by atoms with van der Waals surface area (Å²) >= 11 is 0. The molecule has 0 aliphatic carbocycles. The van der Waals surface area contributed by atoms with Gasteiger partial charge in [0.1, 0.15) is 0 Å². The molecule has 1 saturated heterocycles. The smallest absolute Gasteiger partial charge is 0.304 e. The van der Waals surface area contributed by atoms with Crippen LogP contribution in [0.25, 0.3) is 0 Å². The molecule has 1 aromatic heterocycles. The van der Waals surface area contributed by atoms with Crippen LogP contribution >= 0.6 is 0 Å². The molecular weight excluding hydrogens is 204 g/mol. The molecule has 2 heterocycles. The van der Waals surface area contributed by atoms with Crippen LogP contribution in [0.4, 0.5) is 0 Å². The lowest BCUT2D eigenvalue weighted by Gasteiger charge is -2.27. The first kappa shape index (κ1) is 11.1. The summed E-state index contributed by atoms with van der Waals surface area (Å²) in [5.41, 5.74) is 0.788. The van der Waals surface area contributed by atoms with Crippen molar-refractivity contribution in [1.29, 1.82) is 0 Å².